The monoisotopic (exact) mass is 1020 g/mol. The summed E-state index contributed by atoms with van der Waals surface area (Å²) in [5.41, 5.74) is 4.79. The topological polar surface area (TPSA) is 52.7 Å². The van der Waals surface area contributed by atoms with Gasteiger partial charge in [0.1, 0.15) is 5.78 Å². The van der Waals surface area contributed by atoms with Gasteiger partial charge in [-0.25, -0.2) is 0 Å². The molecule has 366 valence electrons. The third kappa shape index (κ3) is 11.3. The number of hydrogen-bond donors (Lipinski definition) is 1. The van der Waals surface area contributed by atoms with Crippen LogP contribution in [0.15, 0.2) is 215 Å². The summed E-state index contributed by atoms with van der Waals surface area (Å²) in [5, 5.41) is 4.53. The molecule has 9 heteroatoms. The minimum atomic E-state index is -1.71. The van der Waals surface area contributed by atoms with Crippen molar-refractivity contribution in [3.63, 3.8) is 0 Å². The second-order valence-corrected chi connectivity index (χ2v) is 24.3. The van der Waals surface area contributed by atoms with Crippen molar-refractivity contribution >= 4 is 56.7 Å². The highest BCUT2D eigenvalue weighted by molar-refractivity contribution is 8.33. The van der Waals surface area contributed by atoms with Crippen molar-refractivity contribution < 1.29 is 9.59 Å². The molecule has 9 rings (SSSR count). The third-order valence-electron chi connectivity index (χ3n) is 14.8. The van der Waals surface area contributed by atoms with Gasteiger partial charge in [-0.1, -0.05) is 182 Å². The lowest BCUT2D eigenvalue weighted by Crippen LogP contribution is -2.51. The van der Waals surface area contributed by atoms with Crippen LogP contribution in [0, 0.1) is 5.92 Å². The molecule has 2 bridgehead atoms. The molecule has 0 radical (unpaired) electrons. The number of piperidine rings is 1. The molecule has 2 unspecified atom stereocenters. The van der Waals surface area contributed by atoms with Gasteiger partial charge in [0.05, 0.1) is 21.3 Å². The van der Waals surface area contributed by atoms with E-state index in [9.17, 15) is 9.59 Å². The minimum Gasteiger partial charge on any atom is -0.354 e. The van der Waals surface area contributed by atoms with Crippen LogP contribution in [0.2, 0.25) is 10.0 Å². The first-order valence-corrected chi connectivity index (χ1v) is 28.9. The Labute approximate surface area is 437 Å². The Morgan fingerprint density at radius 1 is 0.662 bits per heavy atom. The van der Waals surface area contributed by atoms with Gasteiger partial charge in [-0.2, -0.15) is 10.0 Å². The number of carbonyl (C=O) groups is 2. The zero-order chi connectivity index (χ0) is 49.0. The third-order valence-corrected chi connectivity index (χ3v) is 21.2. The normalized spacial score (nSPS) is 18.3. The number of amides is 1. The van der Waals surface area contributed by atoms with Gasteiger partial charge in [0.15, 0.2) is 0 Å². The lowest BCUT2D eigenvalue weighted by Gasteiger charge is -2.44. The number of fused-ring (bicyclic) bond motifs is 2. The molecule has 7 aromatic carbocycles. The highest BCUT2D eigenvalue weighted by atomic mass is 35.5. The van der Waals surface area contributed by atoms with Crippen LogP contribution in [0.1, 0.15) is 67.2 Å². The molecule has 2 fully saturated rings. The molecule has 0 saturated carbocycles. The SMILES string of the molecule is CCC(=O)[C@@H]1C2CCC(C[C@H]1c1ccc(Cl)c(Cl)c1)N2CCCN(CCSC(c1ccccc1)(c1ccccc1)c1ccccc1)CC(=O)NCCS(c1ccccc1)(c1ccccc1)c1ccccc1. The van der Waals surface area contributed by atoms with E-state index in [0.29, 0.717) is 41.4 Å². The fourth-order valence-corrected chi connectivity index (χ4v) is 17.3. The molecular formula is C62H65Cl2N3O2S2. The maximum atomic E-state index is 14.5. The smallest absolute Gasteiger partial charge is 0.234 e. The molecule has 2 saturated heterocycles. The molecule has 7 aromatic rings. The number of Topliss-reactive ketones (excluding diaryl/α,β-unsaturated/α-hetero) is 1. The van der Waals surface area contributed by atoms with E-state index in [2.05, 4.69) is 203 Å². The summed E-state index contributed by atoms with van der Waals surface area (Å²) < 4.78 is -0.463. The molecule has 4 atom stereocenters. The molecule has 1 amide bonds. The summed E-state index contributed by atoms with van der Waals surface area (Å²) in [4.78, 5) is 37.3. The first-order valence-electron chi connectivity index (χ1n) is 25.3. The number of ketones is 1. The second kappa shape index (κ2) is 24.1. The first kappa shape index (κ1) is 50.8. The van der Waals surface area contributed by atoms with Crippen molar-refractivity contribution in [1.29, 1.82) is 0 Å². The largest absolute Gasteiger partial charge is 0.354 e. The Balaban J connectivity index is 0.961. The van der Waals surface area contributed by atoms with E-state index < -0.39 is 14.8 Å². The molecule has 71 heavy (non-hydrogen) atoms. The lowest BCUT2D eigenvalue weighted by atomic mass is 9.73. The van der Waals surface area contributed by atoms with E-state index in [0.717, 1.165) is 62.4 Å². The van der Waals surface area contributed by atoms with E-state index in [1.54, 1.807) is 0 Å². The molecule has 0 aromatic heterocycles. The Kier molecular flexibility index (Phi) is 17.2. The van der Waals surface area contributed by atoms with Crippen molar-refractivity contribution in [3.05, 3.63) is 232 Å². The molecule has 2 aliphatic heterocycles. The van der Waals surface area contributed by atoms with Crippen LogP contribution in [-0.4, -0.2) is 77.8 Å². The van der Waals surface area contributed by atoms with Crippen molar-refractivity contribution in [1.82, 2.24) is 15.1 Å². The standard InChI is InChI=1S/C62H65Cl2N3O2S2/c1-2-59(68)61-55(47-34-36-56(63)57(64)44-47)45-51-35-37-58(61)67(51)40-21-39-66(41-42-70-62(48-22-9-3-10-23-48,49-24-11-4-12-25-49)50-26-13-5-14-27-50)46-60(69)65-38-43-71(52-28-15-6-16-29-52,53-30-17-7-18-31-53)54-32-19-8-20-33-54/h3-20,22-34,36,44,51,55,58,61H,2,21,35,37-43,45-46H2,1H3,(H,65,69)/t51?,55-,58?,61-/m0/s1. The minimum absolute atomic E-state index is 0.0361. The number of halogens is 2. The average Bonchev–Trinajstić information content (AvgIpc) is 3.70. The molecule has 2 heterocycles. The van der Waals surface area contributed by atoms with Crippen LogP contribution in [0.5, 0.6) is 0 Å². The highest BCUT2D eigenvalue weighted by Crippen LogP contribution is 2.67. The van der Waals surface area contributed by atoms with Gasteiger partial charge in [-0.05, 0) is 130 Å². The van der Waals surface area contributed by atoms with E-state index in [4.69, 9.17) is 23.2 Å². The Morgan fingerprint density at radius 3 is 1.66 bits per heavy atom. The quantitative estimate of drug-likeness (QED) is 0.0686. The molecule has 5 nitrogen and oxygen atoms in total. The van der Waals surface area contributed by atoms with Gasteiger partial charge < -0.3 is 5.32 Å². The van der Waals surface area contributed by atoms with Gasteiger partial charge in [-0.15, -0.1) is 11.8 Å². The van der Waals surface area contributed by atoms with Crippen molar-refractivity contribution in [2.45, 2.75) is 76.5 Å². The van der Waals surface area contributed by atoms with Crippen molar-refractivity contribution in [3.8, 4) is 0 Å². The maximum absolute atomic E-state index is 14.5. The summed E-state index contributed by atoms with van der Waals surface area (Å²) in [6.07, 6.45) is 4.42. The summed E-state index contributed by atoms with van der Waals surface area (Å²) in [7, 11) is -1.71. The molecule has 2 aliphatic rings. The summed E-state index contributed by atoms with van der Waals surface area (Å²) >= 11 is 14.9. The van der Waals surface area contributed by atoms with E-state index >= 15 is 0 Å². The first-order chi connectivity index (χ1) is 34.8. The molecule has 0 spiro atoms. The van der Waals surface area contributed by atoms with Crippen LogP contribution in [0.4, 0.5) is 0 Å². The van der Waals surface area contributed by atoms with Gasteiger partial charge in [0.25, 0.3) is 0 Å². The predicted octanol–water partition coefficient (Wildman–Crippen LogP) is 14.4. The number of hydrogen-bond acceptors (Lipinski definition) is 5. The summed E-state index contributed by atoms with van der Waals surface area (Å²) in [6, 6.07) is 71.5. The highest BCUT2D eigenvalue weighted by Gasteiger charge is 2.49. The van der Waals surface area contributed by atoms with Gasteiger partial charge >= 0.3 is 0 Å². The van der Waals surface area contributed by atoms with Crippen molar-refractivity contribution in [2.24, 2.45) is 5.92 Å². The lowest BCUT2D eigenvalue weighted by molar-refractivity contribution is -0.127. The van der Waals surface area contributed by atoms with Crippen LogP contribution in [-0.2, 0) is 14.3 Å². The van der Waals surface area contributed by atoms with Crippen LogP contribution < -0.4 is 5.32 Å². The number of nitrogens with one attached hydrogen (secondary N) is 1. The van der Waals surface area contributed by atoms with Gasteiger partial charge in [0.2, 0.25) is 5.91 Å². The van der Waals surface area contributed by atoms with Crippen LogP contribution in [0.25, 0.3) is 0 Å². The Hall–Kier alpha value is -5.12. The summed E-state index contributed by atoms with van der Waals surface area (Å²) in [5.74, 6) is 1.96. The maximum Gasteiger partial charge on any atom is 0.234 e. The van der Waals surface area contributed by atoms with Gasteiger partial charge in [-0.3, -0.25) is 19.4 Å². The average molecular weight is 1020 g/mol. The van der Waals surface area contributed by atoms with Gasteiger partial charge in [0, 0.05) is 49.0 Å². The number of thioether (sulfide) groups is 1. The van der Waals surface area contributed by atoms with E-state index in [1.807, 2.05) is 30.8 Å². The van der Waals surface area contributed by atoms with Crippen molar-refractivity contribution in [2.75, 3.05) is 44.2 Å². The fraction of sp³-hybridized carbons (Fsp3) is 0.290. The zero-order valence-electron chi connectivity index (χ0n) is 40.6. The van der Waals surface area contributed by atoms with Crippen LogP contribution >= 0.6 is 45.0 Å². The summed E-state index contributed by atoms with van der Waals surface area (Å²) in [6.45, 7) is 5.19. The zero-order valence-corrected chi connectivity index (χ0v) is 43.8. The molecule has 0 aliphatic carbocycles. The van der Waals surface area contributed by atoms with Crippen LogP contribution in [0.3, 0.4) is 0 Å². The molecular weight excluding hydrogens is 954 g/mol. The number of benzene rings is 7. The fourth-order valence-electron chi connectivity index (χ4n) is 11.6. The number of carbonyl (C=O) groups excluding carboxylic acids is 2. The number of rotatable bonds is 22. The molecule has 1 N–H and O–H groups in total. The van der Waals surface area contributed by atoms with E-state index in [1.165, 1.54) is 31.4 Å². The Bertz CT molecular complexity index is 2600. The van der Waals surface area contributed by atoms with E-state index in [-0.39, 0.29) is 23.8 Å². The number of nitrogens with zero attached hydrogens (tertiary/aromatic N) is 2. The predicted molar refractivity (Wildman–Crippen MR) is 298 cm³/mol. The second-order valence-electron chi connectivity index (χ2n) is 18.9. The Morgan fingerprint density at radius 2 is 1.17 bits per heavy atom.